The summed E-state index contributed by atoms with van der Waals surface area (Å²) < 4.78 is 29.1. The third kappa shape index (κ3) is 5.24. The summed E-state index contributed by atoms with van der Waals surface area (Å²) in [5.74, 6) is -0.785. The van der Waals surface area contributed by atoms with Crippen LogP contribution in [0.25, 0.3) is 33.0 Å². The molecule has 6 rings (SSSR count). The first-order valence-corrected chi connectivity index (χ1v) is 15.6. The second kappa shape index (κ2) is 11.2. The van der Waals surface area contributed by atoms with Crippen molar-refractivity contribution in [1.82, 2.24) is 0 Å². The second-order valence-corrected chi connectivity index (χ2v) is 13.1. The Kier molecular flexibility index (Phi) is 7.42. The zero-order valence-electron chi connectivity index (χ0n) is 23.5. The zero-order valence-corrected chi connectivity index (χ0v) is 25.0. The molecular formula is C34H28ClN3O4S. The SMILES string of the molecule is CC(c1ccccc1-c1ccccc1Cl)S(=O)(=O)N(C)c1ccc(-c2cc3ccccc3c3c2NC(=O)CC(=O)N3)cc1. The summed E-state index contributed by atoms with van der Waals surface area (Å²) in [4.78, 5) is 24.9. The summed E-state index contributed by atoms with van der Waals surface area (Å²) >= 11 is 6.47. The first-order valence-electron chi connectivity index (χ1n) is 13.7. The van der Waals surface area contributed by atoms with E-state index in [1.165, 1.54) is 11.4 Å². The average molecular weight is 610 g/mol. The molecule has 1 heterocycles. The van der Waals surface area contributed by atoms with Crippen LogP contribution in [0.3, 0.4) is 0 Å². The maximum Gasteiger partial charge on any atom is 0.241 e. The van der Waals surface area contributed by atoms with Gasteiger partial charge in [-0.25, -0.2) is 8.42 Å². The molecule has 0 radical (unpaired) electrons. The summed E-state index contributed by atoms with van der Waals surface area (Å²) in [7, 11) is -2.30. The lowest BCUT2D eigenvalue weighted by Gasteiger charge is -2.26. The molecule has 7 nitrogen and oxygen atoms in total. The van der Waals surface area contributed by atoms with Crippen molar-refractivity contribution < 1.29 is 18.0 Å². The van der Waals surface area contributed by atoms with Gasteiger partial charge in [-0.3, -0.25) is 13.9 Å². The number of rotatable bonds is 6. The summed E-state index contributed by atoms with van der Waals surface area (Å²) in [6.45, 7) is 1.68. The van der Waals surface area contributed by atoms with E-state index in [9.17, 15) is 18.0 Å². The molecule has 0 aliphatic carbocycles. The quantitative estimate of drug-likeness (QED) is 0.193. The molecule has 0 fully saturated rings. The van der Waals surface area contributed by atoms with Crippen LogP contribution in [-0.2, 0) is 19.6 Å². The Morgan fingerprint density at radius 1 is 0.744 bits per heavy atom. The van der Waals surface area contributed by atoms with E-state index in [0.29, 0.717) is 33.2 Å². The Morgan fingerprint density at radius 3 is 2.07 bits per heavy atom. The number of amides is 2. The van der Waals surface area contributed by atoms with Crippen molar-refractivity contribution in [2.24, 2.45) is 0 Å². The van der Waals surface area contributed by atoms with Gasteiger partial charge in [-0.15, -0.1) is 0 Å². The minimum atomic E-state index is -3.84. The standard InChI is InChI=1S/C34H28ClN3O4S/c1-21(25-10-5-6-12-27(25)28-13-7-8-14-30(28)35)43(41,42)38(2)24-17-15-22(16-18-24)29-19-23-9-3-4-11-26(23)33-34(29)37-32(40)20-31(39)36-33/h3-19,21H,20H2,1-2H3,(H,36,39)(H,37,40). The number of nitrogens with zero attached hydrogens (tertiary/aromatic N) is 1. The Balaban J connectivity index is 1.36. The van der Waals surface area contributed by atoms with E-state index in [0.717, 1.165) is 27.5 Å². The highest BCUT2D eigenvalue weighted by Gasteiger charge is 2.30. The molecule has 0 saturated carbocycles. The summed E-state index contributed by atoms with van der Waals surface area (Å²) in [5.41, 5.74) is 5.18. The molecule has 5 aromatic carbocycles. The molecule has 43 heavy (non-hydrogen) atoms. The van der Waals surface area contributed by atoms with Crippen LogP contribution in [0.2, 0.25) is 5.02 Å². The highest BCUT2D eigenvalue weighted by molar-refractivity contribution is 7.93. The van der Waals surface area contributed by atoms with Gasteiger partial charge in [0, 0.05) is 28.6 Å². The van der Waals surface area contributed by atoms with Gasteiger partial charge in [-0.1, -0.05) is 90.5 Å². The Hall–Kier alpha value is -4.66. The molecule has 0 aromatic heterocycles. The molecule has 0 spiro atoms. The zero-order chi connectivity index (χ0) is 30.3. The molecule has 9 heteroatoms. The van der Waals surface area contributed by atoms with Crippen LogP contribution >= 0.6 is 11.6 Å². The van der Waals surface area contributed by atoms with Crippen molar-refractivity contribution in [3.63, 3.8) is 0 Å². The lowest BCUT2D eigenvalue weighted by molar-refractivity contribution is -0.123. The highest BCUT2D eigenvalue weighted by Crippen LogP contribution is 2.43. The van der Waals surface area contributed by atoms with Crippen LogP contribution in [0.5, 0.6) is 0 Å². The predicted molar refractivity (Wildman–Crippen MR) is 174 cm³/mol. The fourth-order valence-corrected chi connectivity index (χ4v) is 7.17. The van der Waals surface area contributed by atoms with Crippen molar-refractivity contribution in [2.45, 2.75) is 18.6 Å². The smallest absolute Gasteiger partial charge is 0.241 e. The number of nitrogens with one attached hydrogen (secondary N) is 2. The van der Waals surface area contributed by atoms with Crippen molar-refractivity contribution in [3.05, 3.63) is 114 Å². The largest absolute Gasteiger partial charge is 0.323 e. The van der Waals surface area contributed by atoms with Crippen LogP contribution in [0.1, 0.15) is 24.2 Å². The van der Waals surface area contributed by atoms with Crippen LogP contribution in [-0.4, -0.2) is 27.3 Å². The minimum absolute atomic E-state index is 0.276. The van der Waals surface area contributed by atoms with Gasteiger partial charge in [0.05, 0.1) is 17.1 Å². The summed E-state index contributed by atoms with van der Waals surface area (Å²) in [5, 5.41) is 7.16. The molecule has 1 aliphatic rings. The molecule has 1 atom stereocenters. The van der Waals surface area contributed by atoms with E-state index in [1.54, 1.807) is 25.1 Å². The van der Waals surface area contributed by atoms with Gasteiger partial charge in [0.2, 0.25) is 21.8 Å². The number of anilines is 3. The van der Waals surface area contributed by atoms with Gasteiger partial charge in [-0.2, -0.15) is 0 Å². The van der Waals surface area contributed by atoms with Gasteiger partial charge < -0.3 is 10.6 Å². The average Bonchev–Trinajstić information content (AvgIpc) is 3.17. The first kappa shape index (κ1) is 28.5. The fourth-order valence-electron chi connectivity index (χ4n) is 5.52. The highest BCUT2D eigenvalue weighted by atomic mass is 35.5. The van der Waals surface area contributed by atoms with E-state index >= 15 is 0 Å². The molecule has 2 N–H and O–H groups in total. The van der Waals surface area contributed by atoms with Crippen LogP contribution in [0, 0.1) is 0 Å². The topological polar surface area (TPSA) is 95.6 Å². The summed E-state index contributed by atoms with van der Waals surface area (Å²) in [6, 6.07) is 31.4. The van der Waals surface area contributed by atoms with E-state index in [2.05, 4.69) is 10.6 Å². The number of fused-ring (bicyclic) bond motifs is 3. The Bertz CT molecular complexity index is 2010. The third-order valence-corrected chi connectivity index (χ3v) is 10.3. The number of hydrogen-bond donors (Lipinski definition) is 2. The van der Waals surface area contributed by atoms with Gasteiger partial charge in [0.25, 0.3) is 0 Å². The predicted octanol–water partition coefficient (Wildman–Crippen LogP) is 7.64. The number of carbonyl (C=O) groups is 2. The number of hydrogen-bond acceptors (Lipinski definition) is 4. The molecular weight excluding hydrogens is 582 g/mol. The number of benzene rings is 5. The Morgan fingerprint density at radius 2 is 1.35 bits per heavy atom. The maximum absolute atomic E-state index is 13.9. The van der Waals surface area contributed by atoms with E-state index in [4.69, 9.17) is 11.6 Å². The second-order valence-electron chi connectivity index (χ2n) is 10.4. The van der Waals surface area contributed by atoms with Crippen molar-refractivity contribution in [3.8, 4) is 22.3 Å². The van der Waals surface area contributed by atoms with Gasteiger partial charge in [0.15, 0.2) is 0 Å². The number of halogens is 1. The van der Waals surface area contributed by atoms with Crippen molar-refractivity contribution in [1.29, 1.82) is 0 Å². The number of carbonyl (C=O) groups excluding carboxylic acids is 2. The van der Waals surface area contributed by atoms with Crippen LogP contribution in [0.4, 0.5) is 17.1 Å². The number of sulfonamides is 1. The van der Waals surface area contributed by atoms with Crippen LogP contribution < -0.4 is 14.9 Å². The normalized spacial score (nSPS) is 13.9. The van der Waals surface area contributed by atoms with Crippen LogP contribution in [0.15, 0.2) is 103 Å². The van der Waals surface area contributed by atoms with E-state index < -0.39 is 21.2 Å². The Labute approximate surface area is 255 Å². The molecule has 1 aliphatic heterocycles. The lowest BCUT2D eigenvalue weighted by Crippen LogP contribution is -2.30. The van der Waals surface area contributed by atoms with Gasteiger partial charge in [0.1, 0.15) is 11.7 Å². The molecule has 0 saturated heterocycles. The summed E-state index contributed by atoms with van der Waals surface area (Å²) in [6.07, 6.45) is -0.276. The fraction of sp³-hybridized carbons (Fsp3) is 0.118. The monoisotopic (exact) mass is 609 g/mol. The van der Waals surface area contributed by atoms with Crippen molar-refractivity contribution >= 4 is 61.3 Å². The van der Waals surface area contributed by atoms with E-state index in [-0.39, 0.29) is 12.3 Å². The lowest BCUT2D eigenvalue weighted by atomic mass is 9.97. The third-order valence-electron chi connectivity index (χ3n) is 7.83. The molecule has 2 amide bonds. The van der Waals surface area contributed by atoms with E-state index in [1.807, 2.05) is 84.9 Å². The first-order chi connectivity index (χ1) is 20.6. The minimum Gasteiger partial charge on any atom is -0.323 e. The molecule has 1 unspecified atom stereocenters. The van der Waals surface area contributed by atoms with Gasteiger partial charge >= 0.3 is 0 Å². The molecule has 5 aromatic rings. The maximum atomic E-state index is 13.9. The van der Waals surface area contributed by atoms with Crippen molar-refractivity contribution in [2.75, 3.05) is 22.0 Å². The molecule has 0 bridgehead atoms. The van der Waals surface area contributed by atoms with Gasteiger partial charge in [-0.05, 0) is 53.3 Å². The molecule has 216 valence electrons.